The van der Waals surface area contributed by atoms with Gasteiger partial charge in [0.25, 0.3) is 0 Å². The number of hydrogen-bond donors (Lipinski definition) is 2. The molecule has 164 valence electrons. The molecular weight excluding hydrogens is 436 g/mol. The highest BCUT2D eigenvalue weighted by Crippen LogP contribution is 2.30. The van der Waals surface area contributed by atoms with E-state index in [1.54, 1.807) is 0 Å². The van der Waals surface area contributed by atoms with Crippen molar-refractivity contribution >= 4 is 34.9 Å². The van der Waals surface area contributed by atoms with Crippen LogP contribution in [0.25, 0.3) is 11.1 Å². The zero-order valence-corrected chi connectivity index (χ0v) is 17.1. The summed E-state index contributed by atoms with van der Waals surface area (Å²) >= 11 is 0.472. The van der Waals surface area contributed by atoms with Gasteiger partial charge in [0.05, 0.1) is 7.11 Å². The van der Waals surface area contributed by atoms with Gasteiger partial charge >= 0.3 is 17.2 Å². The third-order valence-corrected chi connectivity index (χ3v) is 4.68. The van der Waals surface area contributed by atoms with Crippen molar-refractivity contribution in [2.75, 3.05) is 12.9 Å². The molecule has 1 atom stereocenters. The molecule has 2 aromatic rings. The number of esters is 1. The monoisotopic (exact) mass is 453 g/mol. The number of hydrogen-bond acceptors (Lipinski definition) is 7. The standard InChI is InChI=1S/C20H17F2NO7S/c1-10(24)23-16(18(25)26)9-31-20(28)30-17-6-3-11(7-14(17)19(27)29-2)13-5-4-12(21)8-15(13)22/h3-8,16H,9H2,1-2H3,(H,23,24)(H,25,26). The Labute approximate surface area is 179 Å². The average Bonchev–Trinajstić information content (AvgIpc) is 2.70. The third kappa shape index (κ3) is 6.51. The van der Waals surface area contributed by atoms with Gasteiger partial charge < -0.3 is 19.9 Å². The summed E-state index contributed by atoms with van der Waals surface area (Å²) in [5.74, 6) is -4.94. The molecule has 0 radical (unpaired) electrons. The first kappa shape index (κ1) is 23.8. The van der Waals surface area contributed by atoms with E-state index >= 15 is 0 Å². The zero-order chi connectivity index (χ0) is 23.1. The van der Waals surface area contributed by atoms with E-state index in [0.717, 1.165) is 20.1 Å². The van der Waals surface area contributed by atoms with E-state index in [2.05, 4.69) is 10.1 Å². The van der Waals surface area contributed by atoms with Gasteiger partial charge in [0.15, 0.2) is 0 Å². The van der Waals surface area contributed by atoms with Gasteiger partial charge in [-0.15, -0.1) is 0 Å². The van der Waals surface area contributed by atoms with Crippen molar-refractivity contribution in [3.63, 3.8) is 0 Å². The van der Waals surface area contributed by atoms with E-state index in [9.17, 15) is 28.0 Å². The molecule has 1 unspecified atom stereocenters. The second-order valence-electron chi connectivity index (χ2n) is 6.08. The Balaban J connectivity index is 2.23. The molecule has 0 aliphatic rings. The lowest BCUT2D eigenvalue weighted by atomic mass is 10.0. The van der Waals surface area contributed by atoms with Crippen LogP contribution in [0.2, 0.25) is 0 Å². The predicted molar refractivity (Wildman–Crippen MR) is 107 cm³/mol. The Morgan fingerprint density at radius 1 is 1.13 bits per heavy atom. The highest BCUT2D eigenvalue weighted by Gasteiger charge is 2.23. The maximum absolute atomic E-state index is 14.1. The van der Waals surface area contributed by atoms with Crippen LogP contribution in [0.3, 0.4) is 0 Å². The van der Waals surface area contributed by atoms with E-state index in [0.29, 0.717) is 17.8 Å². The maximum atomic E-state index is 14.1. The van der Waals surface area contributed by atoms with Crippen LogP contribution in [0.15, 0.2) is 36.4 Å². The molecule has 0 bridgehead atoms. The summed E-state index contributed by atoms with van der Waals surface area (Å²) in [4.78, 5) is 46.4. The summed E-state index contributed by atoms with van der Waals surface area (Å²) in [5, 5.41) is 10.3. The summed E-state index contributed by atoms with van der Waals surface area (Å²) in [5.41, 5.74) is 0.0229. The fraction of sp³-hybridized carbons (Fsp3) is 0.200. The first-order chi connectivity index (χ1) is 14.6. The van der Waals surface area contributed by atoms with Crippen LogP contribution in [0.1, 0.15) is 17.3 Å². The quantitative estimate of drug-likeness (QED) is 0.614. The SMILES string of the molecule is COC(=O)c1cc(-c2ccc(F)cc2F)ccc1OC(=O)SCC(NC(C)=O)C(=O)O. The van der Waals surface area contributed by atoms with E-state index in [1.165, 1.54) is 24.3 Å². The molecule has 1 amide bonds. The number of nitrogens with one attached hydrogen (secondary N) is 1. The first-order valence-electron chi connectivity index (χ1n) is 8.64. The van der Waals surface area contributed by atoms with Crippen LogP contribution in [0.4, 0.5) is 13.6 Å². The normalized spacial score (nSPS) is 11.4. The Bertz CT molecular complexity index is 1030. The smallest absolute Gasteiger partial charge is 0.372 e. The molecule has 0 fully saturated rings. The number of thioether (sulfide) groups is 1. The van der Waals surface area contributed by atoms with Crippen LogP contribution >= 0.6 is 11.8 Å². The van der Waals surface area contributed by atoms with Crippen LogP contribution in [0.5, 0.6) is 5.75 Å². The fourth-order valence-electron chi connectivity index (χ4n) is 2.47. The van der Waals surface area contributed by atoms with Crippen molar-refractivity contribution in [2.24, 2.45) is 0 Å². The summed E-state index contributed by atoms with van der Waals surface area (Å²) in [6, 6.07) is 5.40. The molecule has 0 spiro atoms. The minimum atomic E-state index is -1.34. The molecule has 2 N–H and O–H groups in total. The van der Waals surface area contributed by atoms with E-state index in [1.807, 2.05) is 0 Å². The van der Waals surface area contributed by atoms with Crippen molar-refractivity contribution in [1.29, 1.82) is 0 Å². The Kier molecular flexibility index (Phi) is 8.08. The van der Waals surface area contributed by atoms with Gasteiger partial charge in [-0.05, 0) is 41.6 Å². The lowest BCUT2D eigenvalue weighted by Crippen LogP contribution is -2.41. The third-order valence-electron chi connectivity index (χ3n) is 3.86. The molecule has 2 rings (SSSR count). The van der Waals surface area contributed by atoms with Crippen LogP contribution in [-0.2, 0) is 14.3 Å². The lowest BCUT2D eigenvalue weighted by molar-refractivity contribution is -0.140. The van der Waals surface area contributed by atoms with Crippen LogP contribution in [0, 0.1) is 11.6 Å². The van der Waals surface area contributed by atoms with Crippen molar-refractivity contribution in [3.05, 3.63) is 53.6 Å². The van der Waals surface area contributed by atoms with Gasteiger partial charge in [0.2, 0.25) is 5.91 Å². The van der Waals surface area contributed by atoms with E-state index in [-0.39, 0.29) is 28.2 Å². The zero-order valence-electron chi connectivity index (χ0n) is 16.3. The molecule has 11 heteroatoms. The number of carbonyl (C=O) groups is 4. The number of methoxy groups -OCH3 is 1. The highest BCUT2D eigenvalue weighted by molar-refractivity contribution is 8.13. The van der Waals surface area contributed by atoms with Gasteiger partial charge in [-0.1, -0.05) is 6.07 Å². The highest BCUT2D eigenvalue weighted by atomic mass is 32.2. The fourth-order valence-corrected chi connectivity index (χ4v) is 3.15. The summed E-state index contributed by atoms with van der Waals surface area (Å²) in [7, 11) is 1.10. The molecule has 0 heterocycles. The number of carboxylic acids is 1. The summed E-state index contributed by atoms with van der Waals surface area (Å²) in [6.45, 7) is 1.13. The van der Waals surface area contributed by atoms with E-state index in [4.69, 9.17) is 9.84 Å². The van der Waals surface area contributed by atoms with Gasteiger partial charge in [0, 0.05) is 24.3 Å². The van der Waals surface area contributed by atoms with Gasteiger partial charge in [0.1, 0.15) is 29.0 Å². The Hall–Kier alpha value is -3.47. The molecule has 8 nitrogen and oxygen atoms in total. The van der Waals surface area contributed by atoms with Crippen molar-refractivity contribution in [2.45, 2.75) is 13.0 Å². The van der Waals surface area contributed by atoms with Crippen molar-refractivity contribution in [1.82, 2.24) is 5.32 Å². The number of carbonyl (C=O) groups excluding carboxylic acids is 3. The molecule has 31 heavy (non-hydrogen) atoms. The van der Waals surface area contributed by atoms with Crippen LogP contribution < -0.4 is 10.1 Å². The van der Waals surface area contributed by atoms with Gasteiger partial charge in [-0.2, -0.15) is 0 Å². The average molecular weight is 453 g/mol. The number of aliphatic carboxylic acids is 1. The second kappa shape index (κ2) is 10.5. The maximum Gasteiger partial charge on any atom is 0.372 e. The minimum absolute atomic E-state index is 0.0124. The van der Waals surface area contributed by atoms with Crippen molar-refractivity contribution < 1.29 is 42.5 Å². The largest absolute Gasteiger partial charge is 0.480 e. The number of carboxylic acid groups (broad SMARTS) is 1. The van der Waals surface area contributed by atoms with Crippen molar-refractivity contribution in [3.8, 4) is 16.9 Å². The van der Waals surface area contributed by atoms with Gasteiger partial charge in [-0.3, -0.25) is 4.79 Å². The molecule has 0 saturated heterocycles. The predicted octanol–water partition coefficient (Wildman–Crippen LogP) is 3.24. The minimum Gasteiger partial charge on any atom is -0.480 e. The molecule has 0 saturated carbocycles. The van der Waals surface area contributed by atoms with Crippen LogP contribution in [-0.4, -0.2) is 47.2 Å². The first-order valence-corrected chi connectivity index (χ1v) is 9.63. The number of halogens is 2. The summed E-state index contributed by atoms with van der Waals surface area (Å²) in [6.07, 6.45) is 0. The summed E-state index contributed by atoms with van der Waals surface area (Å²) < 4.78 is 37.0. The number of ether oxygens (including phenoxy) is 2. The lowest BCUT2D eigenvalue weighted by Gasteiger charge is -2.13. The number of benzene rings is 2. The van der Waals surface area contributed by atoms with E-state index < -0.39 is 40.8 Å². The van der Waals surface area contributed by atoms with Gasteiger partial charge in [-0.25, -0.2) is 23.2 Å². The second-order valence-corrected chi connectivity index (χ2v) is 7.04. The molecule has 0 aliphatic carbocycles. The molecular formula is C20H17F2NO7S. The number of rotatable bonds is 7. The molecule has 0 aromatic heterocycles. The number of amides is 1. The molecule has 2 aromatic carbocycles. The molecule has 0 aliphatic heterocycles. The Morgan fingerprint density at radius 3 is 2.42 bits per heavy atom. The topological polar surface area (TPSA) is 119 Å². The Morgan fingerprint density at radius 2 is 1.84 bits per heavy atom.